The lowest BCUT2D eigenvalue weighted by molar-refractivity contribution is -0.113. The Morgan fingerprint density at radius 2 is 1.72 bits per heavy atom. The van der Waals surface area contributed by atoms with Crippen LogP contribution >= 0.6 is 11.6 Å². The van der Waals surface area contributed by atoms with Gasteiger partial charge in [-0.1, -0.05) is 11.6 Å². The summed E-state index contributed by atoms with van der Waals surface area (Å²) in [6, 6.07) is 9.76. The lowest BCUT2D eigenvalue weighted by Gasteiger charge is -2.30. The number of anilines is 2. The first kappa shape index (κ1) is 21.5. The number of fused-ring (bicyclic) bond motifs is 1. The molecule has 32 heavy (non-hydrogen) atoms. The highest BCUT2D eigenvalue weighted by atomic mass is 35.5. The van der Waals surface area contributed by atoms with Crippen LogP contribution < -0.4 is 24.8 Å². The van der Waals surface area contributed by atoms with E-state index in [4.69, 9.17) is 25.8 Å². The van der Waals surface area contributed by atoms with Crippen LogP contribution in [0.2, 0.25) is 5.02 Å². The first-order chi connectivity index (χ1) is 15.5. The summed E-state index contributed by atoms with van der Waals surface area (Å²) in [4.78, 5) is 17.7. The molecular weight excluding hydrogens is 434 g/mol. The summed E-state index contributed by atoms with van der Waals surface area (Å²) >= 11 is 5.97. The zero-order chi connectivity index (χ0) is 22.8. The lowest BCUT2D eigenvalue weighted by Crippen LogP contribution is -2.31. The largest absolute Gasteiger partial charge is 0.496 e. The fourth-order valence-electron chi connectivity index (χ4n) is 3.67. The van der Waals surface area contributed by atoms with Crippen molar-refractivity contribution in [2.24, 2.45) is 0 Å². The SMILES string of the molecule is COc1cc(OC)c([C@H]2C(C(=O)Nc3ccc(Cl)cc3)=C(C)Nc3ncnn32)cc1OC. The Labute approximate surface area is 190 Å². The number of hydrogen-bond acceptors (Lipinski definition) is 7. The van der Waals surface area contributed by atoms with Crippen LogP contribution in [-0.4, -0.2) is 42.0 Å². The molecule has 10 heteroatoms. The number of nitrogens with zero attached hydrogens (tertiary/aromatic N) is 3. The van der Waals surface area contributed by atoms with Gasteiger partial charge in [-0.05, 0) is 37.3 Å². The smallest absolute Gasteiger partial charge is 0.255 e. The van der Waals surface area contributed by atoms with E-state index >= 15 is 0 Å². The van der Waals surface area contributed by atoms with Gasteiger partial charge >= 0.3 is 0 Å². The molecule has 2 aromatic carbocycles. The summed E-state index contributed by atoms with van der Waals surface area (Å²) in [6.07, 6.45) is 1.43. The Bertz CT molecular complexity index is 1190. The number of halogens is 1. The molecule has 0 bridgehead atoms. The molecule has 1 atom stereocenters. The van der Waals surface area contributed by atoms with Crippen LogP contribution in [0, 0.1) is 0 Å². The molecule has 4 rings (SSSR count). The Morgan fingerprint density at radius 1 is 1.06 bits per heavy atom. The van der Waals surface area contributed by atoms with Crippen molar-refractivity contribution in [3.63, 3.8) is 0 Å². The molecule has 0 saturated carbocycles. The third kappa shape index (κ3) is 3.82. The van der Waals surface area contributed by atoms with Crippen LogP contribution in [0.25, 0.3) is 0 Å². The summed E-state index contributed by atoms with van der Waals surface area (Å²) < 4.78 is 18.2. The topological polar surface area (TPSA) is 99.5 Å². The number of ether oxygens (including phenoxy) is 3. The van der Waals surface area contributed by atoms with E-state index in [0.717, 1.165) is 0 Å². The first-order valence-electron chi connectivity index (χ1n) is 9.71. The summed E-state index contributed by atoms with van der Waals surface area (Å²) in [5, 5.41) is 11.0. The molecule has 0 spiro atoms. The molecule has 0 aliphatic carbocycles. The van der Waals surface area contributed by atoms with Gasteiger partial charge in [0.15, 0.2) is 11.5 Å². The third-order valence-corrected chi connectivity index (χ3v) is 5.42. The maximum atomic E-state index is 13.5. The quantitative estimate of drug-likeness (QED) is 0.581. The van der Waals surface area contributed by atoms with Gasteiger partial charge in [-0.2, -0.15) is 10.1 Å². The van der Waals surface area contributed by atoms with Crippen LogP contribution in [0.15, 0.2) is 54.0 Å². The Balaban J connectivity index is 1.84. The van der Waals surface area contributed by atoms with Crippen LogP contribution in [-0.2, 0) is 4.79 Å². The van der Waals surface area contributed by atoms with E-state index in [2.05, 4.69) is 20.7 Å². The molecule has 1 aliphatic rings. The fourth-order valence-corrected chi connectivity index (χ4v) is 3.80. The van der Waals surface area contributed by atoms with Crippen LogP contribution in [0.5, 0.6) is 17.2 Å². The van der Waals surface area contributed by atoms with Crippen LogP contribution in [0.1, 0.15) is 18.5 Å². The van der Waals surface area contributed by atoms with Gasteiger partial charge in [-0.25, -0.2) is 4.68 Å². The van der Waals surface area contributed by atoms with Gasteiger partial charge in [0.1, 0.15) is 18.1 Å². The number of carbonyl (C=O) groups is 1. The van der Waals surface area contributed by atoms with Gasteiger partial charge in [-0.3, -0.25) is 4.79 Å². The molecule has 0 fully saturated rings. The van der Waals surface area contributed by atoms with Crippen molar-refractivity contribution >= 4 is 29.1 Å². The summed E-state index contributed by atoms with van der Waals surface area (Å²) in [7, 11) is 4.65. The Kier molecular flexibility index (Phi) is 5.91. The minimum atomic E-state index is -0.629. The predicted octanol–water partition coefficient (Wildman–Crippen LogP) is 3.88. The van der Waals surface area contributed by atoms with Crippen molar-refractivity contribution in [2.45, 2.75) is 13.0 Å². The number of aromatic nitrogens is 3. The van der Waals surface area contributed by atoms with Gasteiger partial charge in [0.25, 0.3) is 5.91 Å². The summed E-state index contributed by atoms with van der Waals surface area (Å²) in [5.74, 6) is 1.72. The van der Waals surface area contributed by atoms with Gasteiger partial charge in [0.05, 0.1) is 26.9 Å². The number of nitrogens with one attached hydrogen (secondary N) is 2. The minimum Gasteiger partial charge on any atom is -0.496 e. The molecule has 1 aromatic heterocycles. The molecule has 2 heterocycles. The van der Waals surface area contributed by atoms with Crippen LogP contribution in [0.4, 0.5) is 11.6 Å². The molecule has 3 aromatic rings. The predicted molar refractivity (Wildman–Crippen MR) is 121 cm³/mol. The highest BCUT2D eigenvalue weighted by Crippen LogP contribution is 2.43. The zero-order valence-corrected chi connectivity index (χ0v) is 18.7. The molecule has 2 N–H and O–H groups in total. The van der Waals surface area contributed by atoms with Crippen molar-refractivity contribution in [1.29, 1.82) is 0 Å². The van der Waals surface area contributed by atoms with Crippen molar-refractivity contribution in [3.8, 4) is 17.2 Å². The molecule has 0 unspecified atom stereocenters. The number of amides is 1. The van der Waals surface area contributed by atoms with Crippen LogP contribution in [0.3, 0.4) is 0 Å². The second kappa shape index (κ2) is 8.80. The maximum absolute atomic E-state index is 13.5. The van der Waals surface area contributed by atoms with E-state index in [1.54, 1.807) is 62.4 Å². The number of allylic oxidation sites excluding steroid dienone is 1. The van der Waals surface area contributed by atoms with Crippen molar-refractivity contribution in [1.82, 2.24) is 14.8 Å². The van der Waals surface area contributed by atoms with E-state index in [1.807, 2.05) is 6.92 Å². The third-order valence-electron chi connectivity index (χ3n) is 5.17. The van der Waals surface area contributed by atoms with Crippen molar-refractivity contribution in [3.05, 3.63) is 64.6 Å². The maximum Gasteiger partial charge on any atom is 0.255 e. The summed E-state index contributed by atoms with van der Waals surface area (Å²) in [5.41, 5.74) is 2.36. The minimum absolute atomic E-state index is 0.305. The van der Waals surface area contributed by atoms with E-state index < -0.39 is 6.04 Å². The second-order valence-electron chi connectivity index (χ2n) is 7.00. The second-order valence-corrected chi connectivity index (χ2v) is 7.44. The van der Waals surface area contributed by atoms with Gasteiger partial charge in [-0.15, -0.1) is 0 Å². The average Bonchev–Trinajstić information content (AvgIpc) is 3.26. The van der Waals surface area contributed by atoms with E-state index in [9.17, 15) is 4.79 Å². The molecule has 1 aliphatic heterocycles. The molecular formula is C22H22ClN5O4. The van der Waals surface area contributed by atoms with Crippen molar-refractivity contribution < 1.29 is 19.0 Å². The number of rotatable bonds is 6. The van der Waals surface area contributed by atoms with E-state index in [0.29, 0.717) is 50.7 Å². The van der Waals surface area contributed by atoms with Gasteiger partial charge < -0.3 is 24.8 Å². The average molecular weight is 456 g/mol. The van der Waals surface area contributed by atoms with Gasteiger partial charge in [0.2, 0.25) is 5.95 Å². The number of hydrogen-bond donors (Lipinski definition) is 2. The molecule has 166 valence electrons. The standard InChI is InChI=1S/C22H22ClN5O4/c1-12-19(21(29)27-14-7-5-13(23)6-8-14)20(28-22(26-12)24-11-25-28)15-9-17(31-3)18(32-4)10-16(15)30-2/h5-11,20H,1-4H3,(H,27,29)(H,24,25,26)/t20-/m0/s1. The summed E-state index contributed by atoms with van der Waals surface area (Å²) in [6.45, 7) is 1.81. The first-order valence-corrected chi connectivity index (χ1v) is 10.1. The molecule has 0 saturated heterocycles. The molecule has 1 amide bonds. The zero-order valence-electron chi connectivity index (χ0n) is 18.0. The fraction of sp³-hybridized carbons (Fsp3) is 0.227. The normalized spacial score (nSPS) is 15.0. The number of methoxy groups -OCH3 is 3. The van der Waals surface area contributed by atoms with Gasteiger partial charge in [0, 0.05) is 28.0 Å². The monoisotopic (exact) mass is 455 g/mol. The van der Waals surface area contributed by atoms with Crippen molar-refractivity contribution in [2.75, 3.05) is 32.0 Å². The molecule has 0 radical (unpaired) electrons. The highest BCUT2D eigenvalue weighted by molar-refractivity contribution is 6.30. The number of carbonyl (C=O) groups excluding carboxylic acids is 1. The Hall–Kier alpha value is -3.72. The molecule has 9 nitrogen and oxygen atoms in total. The van der Waals surface area contributed by atoms with E-state index in [1.165, 1.54) is 6.33 Å². The number of benzene rings is 2. The van der Waals surface area contributed by atoms with E-state index in [-0.39, 0.29) is 5.91 Å². The Morgan fingerprint density at radius 3 is 2.38 bits per heavy atom. The highest BCUT2D eigenvalue weighted by Gasteiger charge is 2.36. The lowest BCUT2D eigenvalue weighted by atomic mass is 9.93.